The molecule has 1 aromatic heterocycles. The van der Waals surface area contributed by atoms with E-state index in [2.05, 4.69) is 10.4 Å². The maximum Gasteiger partial charge on any atom is 0.242 e. The standard InChI is InChI=1S/C20H20N4O3/c1-27-17-8-6-16(7-9-17)23-12-15(10-20(23)26)22-19(25)13-24-18-5-3-2-4-14(18)11-21-24/h2-9,11,15H,10,12-13H2,1H3,(H,22,25)/t15-/m0/s1. The molecule has 0 unspecified atom stereocenters. The lowest BCUT2D eigenvalue weighted by Crippen LogP contribution is -2.39. The zero-order valence-electron chi connectivity index (χ0n) is 15.0. The minimum Gasteiger partial charge on any atom is -0.497 e. The van der Waals surface area contributed by atoms with E-state index >= 15 is 0 Å². The Balaban J connectivity index is 1.39. The number of hydrogen-bond donors (Lipinski definition) is 1. The maximum atomic E-state index is 12.4. The van der Waals surface area contributed by atoms with Crippen LogP contribution in [-0.2, 0) is 16.1 Å². The van der Waals surface area contributed by atoms with E-state index in [0.717, 1.165) is 22.3 Å². The topological polar surface area (TPSA) is 76.5 Å². The predicted octanol–water partition coefficient (Wildman–Crippen LogP) is 1.97. The normalized spacial score (nSPS) is 16.7. The molecule has 1 saturated heterocycles. The van der Waals surface area contributed by atoms with Gasteiger partial charge in [-0.3, -0.25) is 14.3 Å². The first-order valence-corrected chi connectivity index (χ1v) is 8.78. The Morgan fingerprint density at radius 3 is 2.78 bits per heavy atom. The van der Waals surface area contributed by atoms with E-state index in [1.54, 1.807) is 22.9 Å². The fourth-order valence-electron chi connectivity index (χ4n) is 3.38. The fourth-order valence-corrected chi connectivity index (χ4v) is 3.38. The number of rotatable bonds is 5. The third-order valence-corrected chi connectivity index (χ3v) is 4.72. The second-order valence-electron chi connectivity index (χ2n) is 6.53. The molecule has 138 valence electrons. The zero-order chi connectivity index (χ0) is 18.8. The van der Waals surface area contributed by atoms with Crippen LogP contribution < -0.4 is 15.0 Å². The first kappa shape index (κ1) is 17.1. The number of hydrogen-bond acceptors (Lipinski definition) is 4. The highest BCUT2D eigenvalue weighted by Crippen LogP contribution is 2.24. The van der Waals surface area contributed by atoms with Gasteiger partial charge in [0, 0.05) is 24.0 Å². The monoisotopic (exact) mass is 364 g/mol. The summed E-state index contributed by atoms with van der Waals surface area (Å²) in [5, 5.41) is 8.21. The third kappa shape index (κ3) is 3.48. The van der Waals surface area contributed by atoms with Crippen molar-refractivity contribution in [1.82, 2.24) is 15.1 Å². The molecule has 2 heterocycles. The zero-order valence-corrected chi connectivity index (χ0v) is 15.0. The van der Waals surface area contributed by atoms with Gasteiger partial charge in [-0.1, -0.05) is 18.2 Å². The number of carbonyl (C=O) groups is 2. The van der Waals surface area contributed by atoms with Crippen LogP contribution in [0.4, 0.5) is 5.69 Å². The van der Waals surface area contributed by atoms with Crippen LogP contribution in [0.2, 0.25) is 0 Å². The van der Waals surface area contributed by atoms with E-state index in [9.17, 15) is 9.59 Å². The molecule has 1 fully saturated rings. The highest BCUT2D eigenvalue weighted by atomic mass is 16.5. The highest BCUT2D eigenvalue weighted by molar-refractivity contribution is 5.97. The molecule has 27 heavy (non-hydrogen) atoms. The largest absolute Gasteiger partial charge is 0.497 e. The number of para-hydroxylation sites is 1. The molecule has 0 saturated carbocycles. The van der Waals surface area contributed by atoms with Crippen LogP contribution in [0.1, 0.15) is 6.42 Å². The Morgan fingerprint density at radius 2 is 2.00 bits per heavy atom. The van der Waals surface area contributed by atoms with Crippen LogP contribution in [0.5, 0.6) is 5.75 Å². The number of nitrogens with one attached hydrogen (secondary N) is 1. The van der Waals surface area contributed by atoms with Crippen molar-refractivity contribution in [3.63, 3.8) is 0 Å². The smallest absolute Gasteiger partial charge is 0.242 e. The Bertz CT molecular complexity index is 980. The van der Waals surface area contributed by atoms with Crippen molar-refractivity contribution < 1.29 is 14.3 Å². The van der Waals surface area contributed by atoms with E-state index < -0.39 is 0 Å². The molecule has 0 aliphatic carbocycles. The summed E-state index contributed by atoms with van der Waals surface area (Å²) in [6.45, 7) is 0.581. The van der Waals surface area contributed by atoms with Crippen molar-refractivity contribution in [3.05, 3.63) is 54.7 Å². The van der Waals surface area contributed by atoms with E-state index in [1.807, 2.05) is 48.5 Å². The van der Waals surface area contributed by atoms with Crippen molar-refractivity contribution in [2.24, 2.45) is 0 Å². The number of methoxy groups -OCH3 is 1. The summed E-state index contributed by atoms with van der Waals surface area (Å²) in [7, 11) is 1.60. The first-order chi connectivity index (χ1) is 13.1. The maximum absolute atomic E-state index is 12.4. The molecule has 4 rings (SSSR count). The third-order valence-electron chi connectivity index (χ3n) is 4.72. The quantitative estimate of drug-likeness (QED) is 0.751. The van der Waals surface area contributed by atoms with Crippen LogP contribution in [0.3, 0.4) is 0 Å². The molecule has 1 N–H and O–H groups in total. The highest BCUT2D eigenvalue weighted by Gasteiger charge is 2.31. The van der Waals surface area contributed by atoms with Gasteiger partial charge in [-0.15, -0.1) is 0 Å². The summed E-state index contributed by atoms with van der Waals surface area (Å²) in [5.41, 5.74) is 1.71. The minimum atomic E-state index is -0.214. The molecule has 7 nitrogen and oxygen atoms in total. The number of fused-ring (bicyclic) bond motifs is 1. The van der Waals surface area contributed by atoms with E-state index in [-0.39, 0.29) is 30.8 Å². The van der Waals surface area contributed by atoms with Gasteiger partial charge in [0.15, 0.2) is 0 Å². The number of aromatic nitrogens is 2. The Morgan fingerprint density at radius 1 is 1.22 bits per heavy atom. The van der Waals surface area contributed by atoms with Gasteiger partial charge in [0.25, 0.3) is 0 Å². The van der Waals surface area contributed by atoms with E-state index in [1.165, 1.54) is 0 Å². The average Bonchev–Trinajstić information content (AvgIpc) is 3.25. The second kappa shape index (κ2) is 7.11. The van der Waals surface area contributed by atoms with Gasteiger partial charge in [-0.05, 0) is 30.3 Å². The Labute approximate surface area is 156 Å². The van der Waals surface area contributed by atoms with Crippen molar-refractivity contribution >= 4 is 28.4 Å². The molecule has 2 aromatic carbocycles. The van der Waals surface area contributed by atoms with Crippen molar-refractivity contribution in [2.45, 2.75) is 19.0 Å². The average molecular weight is 364 g/mol. The second-order valence-corrected chi connectivity index (χ2v) is 6.53. The SMILES string of the molecule is COc1ccc(N2C[C@@H](NC(=O)Cn3ncc4ccccc43)CC2=O)cc1. The van der Waals surface area contributed by atoms with Crippen LogP contribution in [0.25, 0.3) is 10.9 Å². The van der Waals surface area contributed by atoms with Crippen LogP contribution >= 0.6 is 0 Å². The fraction of sp³-hybridized carbons (Fsp3) is 0.250. The number of ether oxygens (including phenoxy) is 1. The Kier molecular flexibility index (Phi) is 4.50. The van der Waals surface area contributed by atoms with Crippen molar-refractivity contribution in [3.8, 4) is 5.75 Å². The lowest BCUT2D eigenvalue weighted by molar-refractivity contribution is -0.122. The number of benzene rings is 2. The van der Waals surface area contributed by atoms with Crippen LogP contribution in [0.15, 0.2) is 54.7 Å². The van der Waals surface area contributed by atoms with Gasteiger partial charge >= 0.3 is 0 Å². The molecule has 1 atom stereocenters. The number of nitrogens with zero attached hydrogens (tertiary/aromatic N) is 3. The van der Waals surface area contributed by atoms with Crippen LogP contribution in [-0.4, -0.2) is 41.3 Å². The van der Waals surface area contributed by atoms with Gasteiger partial charge in [0.05, 0.1) is 24.9 Å². The molecule has 0 radical (unpaired) electrons. The molecule has 7 heteroatoms. The molecule has 0 bridgehead atoms. The number of carbonyl (C=O) groups excluding carboxylic acids is 2. The predicted molar refractivity (Wildman–Crippen MR) is 102 cm³/mol. The molecule has 1 aliphatic heterocycles. The van der Waals surface area contributed by atoms with Crippen LogP contribution in [0, 0.1) is 0 Å². The van der Waals surface area contributed by atoms with Gasteiger partial charge in [0.1, 0.15) is 12.3 Å². The van der Waals surface area contributed by atoms with Gasteiger partial charge in [-0.25, -0.2) is 0 Å². The van der Waals surface area contributed by atoms with Gasteiger partial charge in [-0.2, -0.15) is 5.10 Å². The van der Waals surface area contributed by atoms with E-state index in [0.29, 0.717) is 6.54 Å². The molecular formula is C20H20N4O3. The lowest BCUT2D eigenvalue weighted by Gasteiger charge is -2.17. The molecule has 3 aromatic rings. The van der Waals surface area contributed by atoms with Crippen molar-refractivity contribution in [1.29, 1.82) is 0 Å². The molecule has 0 spiro atoms. The molecule has 2 amide bonds. The summed E-state index contributed by atoms with van der Waals surface area (Å²) in [5.74, 6) is 0.579. The lowest BCUT2D eigenvalue weighted by atomic mass is 10.2. The summed E-state index contributed by atoms with van der Waals surface area (Å²) >= 11 is 0. The molecular weight excluding hydrogens is 344 g/mol. The number of anilines is 1. The summed E-state index contributed by atoms with van der Waals surface area (Å²) in [6.07, 6.45) is 2.03. The minimum absolute atomic E-state index is 0.00462. The summed E-state index contributed by atoms with van der Waals surface area (Å²) in [4.78, 5) is 26.5. The van der Waals surface area contributed by atoms with Gasteiger partial charge < -0.3 is 15.0 Å². The number of amides is 2. The summed E-state index contributed by atoms with van der Waals surface area (Å²) in [6, 6.07) is 14.9. The van der Waals surface area contributed by atoms with E-state index in [4.69, 9.17) is 4.74 Å². The van der Waals surface area contributed by atoms with Crippen molar-refractivity contribution in [2.75, 3.05) is 18.6 Å². The Hall–Kier alpha value is -3.35. The first-order valence-electron chi connectivity index (χ1n) is 8.78. The summed E-state index contributed by atoms with van der Waals surface area (Å²) < 4.78 is 6.81. The van der Waals surface area contributed by atoms with Gasteiger partial charge in [0.2, 0.25) is 11.8 Å². The molecule has 1 aliphatic rings.